The first-order valence-electron chi connectivity index (χ1n) is 21.4. The molecule has 4 atom stereocenters. The summed E-state index contributed by atoms with van der Waals surface area (Å²) in [5.74, 6) is -1.05. The number of ether oxygens (including phenoxy) is 4. The fourth-order valence-electron chi connectivity index (χ4n) is 10.4. The molecule has 0 bridgehead atoms. The van der Waals surface area contributed by atoms with E-state index in [-0.39, 0.29) is 23.6 Å². The molecule has 0 spiro atoms. The van der Waals surface area contributed by atoms with E-state index < -0.39 is 35.9 Å². The van der Waals surface area contributed by atoms with Crippen LogP contribution in [-0.4, -0.2) is 96.3 Å². The van der Waals surface area contributed by atoms with Gasteiger partial charge in [0.25, 0.3) is 0 Å². The first-order valence-corrected chi connectivity index (χ1v) is 21.4. The summed E-state index contributed by atoms with van der Waals surface area (Å²) in [6, 6.07) is 11.0. The number of imide groups is 2. The molecule has 2 aromatic heterocycles. The average Bonchev–Trinajstić information content (AvgIpc) is 3.92. The first-order chi connectivity index (χ1) is 29.1. The van der Waals surface area contributed by atoms with E-state index in [0.29, 0.717) is 61.3 Å². The van der Waals surface area contributed by atoms with E-state index >= 15 is 0 Å². The predicted molar refractivity (Wildman–Crippen MR) is 221 cm³/mol. The molecular weight excluding hydrogens is 769 g/mol. The Morgan fingerprint density at radius 3 is 1.17 bits per heavy atom. The van der Waals surface area contributed by atoms with Gasteiger partial charge in [0.2, 0.25) is 23.6 Å². The highest BCUT2D eigenvalue weighted by atomic mass is 16.5. The summed E-state index contributed by atoms with van der Waals surface area (Å²) in [4.78, 5) is 82.8. The topological polar surface area (TPSA) is 156 Å². The molecule has 0 radical (unpaired) electrons. The molecule has 4 aliphatic rings. The van der Waals surface area contributed by atoms with Gasteiger partial charge in [0.15, 0.2) is 0 Å². The smallest absolute Gasteiger partial charge is 0.418 e. The van der Waals surface area contributed by atoms with E-state index in [4.69, 9.17) is 18.9 Å². The number of fused-ring (bicyclic) bond motifs is 8. The third-order valence-electron chi connectivity index (χ3n) is 13.5. The summed E-state index contributed by atoms with van der Waals surface area (Å²) in [5, 5.41) is 1.68. The van der Waals surface area contributed by atoms with Crippen LogP contribution >= 0.6 is 0 Å². The minimum atomic E-state index is -0.517. The summed E-state index contributed by atoms with van der Waals surface area (Å²) in [6.45, 7) is 0.829. The highest BCUT2D eigenvalue weighted by Gasteiger charge is 2.52. The van der Waals surface area contributed by atoms with Crippen molar-refractivity contribution in [2.45, 2.75) is 89.9 Å². The summed E-state index contributed by atoms with van der Waals surface area (Å²) in [7, 11) is 5.85. The van der Waals surface area contributed by atoms with Gasteiger partial charge in [0.05, 0.1) is 63.1 Å². The minimum Gasteiger partial charge on any atom is -0.497 e. The molecule has 4 amide bonds. The Hall–Kier alpha value is -5.66. The number of nitrogens with zero attached hydrogens (tertiary/aromatic N) is 4. The number of likely N-dealkylation sites (tertiary alicyclic amines) is 2. The summed E-state index contributed by atoms with van der Waals surface area (Å²) < 4.78 is 24.1. The number of amides is 4. The molecule has 2 saturated heterocycles. The Morgan fingerprint density at radius 2 is 0.833 bits per heavy atom. The number of carbonyl (C=O) groups is 6. The van der Waals surface area contributed by atoms with Crippen LogP contribution in [0.15, 0.2) is 36.4 Å². The Morgan fingerprint density at radius 1 is 0.500 bits per heavy atom. The molecule has 8 rings (SSSR count). The van der Waals surface area contributed by atoms with Gasteiger partial charge in [-0.1, -0.05) is 51.4 Å². The summed E-state index contributed by atoms with van der Waals surface area (Å²) in [6.07, 6.45) is 10.2. The number of methoxy groups -OCH3 is 4. The molecule has 4 aromatic rings. The standard InChI is InChI=1S/C46H54N4O10/c1-57-27-15-17-37-29(21-27)31-23-33-35(25-39(31)49(37)45(55)59-3)43(53)47(41(33)51)19-13-11-9-7-5-6-8-10-12-14-20-48-42(52)34-24-32-30-22-28(58-2)16-18-38(30)50(46(56)60-4)40(32)26-36(34)44(48)54/h15-18,21-22,33-36H,5-14,19-20,23-26H2,1-4H3. The second-order valence-corrected chi connectivity index (χ2v) is 16.7. The van der Waals surface area contributed by atoms with Crippen molar-refractivity contribution in [1.29, 1.82) is 0 Å². The van der Waals surface area contributed by atoms with Gasteiger partial charge in [-0.05, 0) is 73.2 Å². The number of unbranched alkanes of at least 4 members (excludes halogenated alkanes) is 9. The zero-order chi connectivity index (χ0) is 42.2. The van der Waals surface area contributed by atoms with Crippen LogP contribution in [-0.2, 0) is 54.3 Å². The number of carbonyl (C=O) groups excluding carboxylic acids is 6. The van der Waals surface area contributed by atoms with E-state index in [1.54, 1.807) is 26.4 Å². The number of hydrogen-bond donors (Lipinski definition) is 0. The zero-order valence-electron chi connectivity index (χ0n) is 35.0. The molecule has 14 heteroatoms. The fourth-order valence-corrected chi connectivity index (χ4v) is 10.4. The molecule has 4 unspecified atom stereocenters. The molecule has 0 saturated carbocycles. The average molecular weight is 823 g/mol. The number of rotatable bonds is 15. The Balaban J connectivity index is 0.737. The molecular formula is C46H54N4O10. The Bertz CT molecular complexity index is 2210. The van der Waals surface area contributed by atoms with E-state index in [2.05, 4.69) is 0 Å². The highest BCUT2D eigenvalue weighted by molar-refractivity contribution is 6.08. The third-order valence-corrected chi connectivity index (χ3v) is 13.5. The Labute approximate surface area is 349 Å². The lowest BCUT2D eigenvalue weighted by atomic mass is 9.79. The predicted octanol–water partition coefficient (Wildman–Crippen LogP) is 6.84. The molecule has 4 heterocycles. The summed E-state index contributed by atoms with van der Waals surface area (Å²) >= 11 is 0. The highest BCUT2D eigenvalue weighted by Crippen LogP contribution is 2.44. The van der Waals surface area contributed by atoms with E-state index in [1.807, 2.05) is 24.3 Å². The quantitative estimate of drug-likeness (QED) is 0.0919. The number of hydrogen-bond acceptors (Lipinski definition) is 10. The molecule has 2 aliphatic heterocycles. The van der Waals surface area contributed by atoms with Gasteiger partial charge in [-0.3, -0.25) is 29.0 Å². The van der Waals surface area contributed by atoms with Crippen molar-refractivity contribution < 1.29 is 47.7 Å². The van der Waals surface area contributed by atoms with Gasteiger partial charge < -0.3 is 18.9 Å². The molecule has 0 N–H and O–H groups in total. The lowest BCUT2D eigenvalue weighted by Gasteiger charge is -2.23. The van der Waals surface area contributed by atoms with Crippen LogP contribution in [0.4, 0.5) is 9.59 Å². The molecule has 318 valence electrons. The molecule has 2 fully saturated rings. The van der Waals surface area contributed by atoms with Gasteiger partial charge in [0, 0.05) is 48.1 Å². The minimum absolute atomic E-state index is 0.117. The van der Waals surface area contributed by atoms with Crippen LogP contribution in [0, 0.1) is 23.7 Å². The second kappa shape index (κ2) is 17.1. The maximum atomic E-state index is 13.6. The SMILES string of the molecule is COC(=O)n1c2c(c3cc(OC)ccc31)CC1C(=O)N(CCCCCCCCCCCCN3C(=O)C4Cc5c(n(C(=O)OC)c6ccc(OC)cc56)CC4C3=O)C(=O)C1C2. The number of aromatic nitrogens is 2. The monoisotopic (exact) mass is 822 g/mol. The van der Waals surface area contributed by atoms with Crippen molar-refractivity contribution in [3.63, 3.8) is 0 Å². The van der Waals surface area contributed by atoms with Crippen molar-refractivity contribution in [1.82, 2.24) is 18.9 Å². The molecule has 60 heavy (non-hydrogen) atoms. The third kappa shape index (κ3) is 7.11. The molecule has 2 aliphatic carbocycles. The lowest BCUT2D eigenvalue weighted by molar-refractivity contribution is -0.141. The van der Waals surface area contributed by atoms with E-state index in [9.17, 15) is 28.8 Å². The van der Waals surface area contributed by atoms with Crippen LogP contribution < -0.4 is 9.47 Å². The maximum Gasteiger partial charge on any atom is 0.418 e. The van der Waals surface area contributed by atoms with Gasteiger partial charge in [-0.15, -0.1) is 0 Å². The zero-order valence-corrected chi connectivity index (χ0v) is 35.0. The maximum absolute atomic E-state index is 13.6. The van der Waals surface area contributed by atoms with E-state index in [0.717, 1.165) is 97.5 Å². The van der Waals surface area contributed by atoms with Gasteiger partial charge >= 0.3 is 12.2 Å². The van der Waals surface area contributed by atoms with Crippen molar-refractivity contribution in [3.8, 4) is 11.5 Å². The summed E-state index contributed by atoms with van der Waals surface area (Å²) in [5.41, 5.74) is 4.63. The van der Waals surface area contributed by atoms with E-state index in [1.165, 1.54) is 33.2 Å². The van der Waals surface area contributed by atoms with Gasteiger partial charge in [-0.2, -0.15) is 0 Å². The first kappa shape index (κ1) is 41.1. The molecule has 2 aromatic carbocycles. The van der Waals surface area contributed by atoms with Gasteiger partial charge in [0.1, 0.15) is 11.5 Å². The van der Waals surface area contributed by atoms with Crippen LogP contribution in [0.2, 0.25) is 0 Å². The van der Waals surface area contributed by atoms with Crippen molar-refractivity contribution in [2.75, 3.05) is 41.5 Å². The van der Waals surface area contributed by atoms with Crippen LogP contribution in [0.25, 0.3) is 21.8 Å². The fraction of sp³-hybridized carbons (Fsp3) is 0.522. The Kier molecular flexibility index (Phi) is 11.7. The number of benzene rings is 2. The largest absolute Gasteiger partial charge is 0.497 e. The van der Waals surface area contributed by atoms with Crippen LogP contribution in [0.3, 0.4) is 0 Å². The van der Waals surface area contributed by atoms with Crippen LogP contribution in [0.5, 0.6) is 11.5 Å². The van der Waals surface area contributed by atoms with Crippen molar-refractivity contribution >= 4 is 57.6 Å². The normalized spacial score (nSPS) is 20.7. The molecule has 14 nitrogen and oxygen atoms in total. The van der Waals surface area contributed by atoms with Gasteiger partial charge in [-0.25, -0.2) is 18.7 Å². The van der Waals surface area contributed by atoms with Crippen molar-refractivity contribution in [3.05, 3.63) is 58.9 Å². The van der Waals surface area contributed by atoms with Crippen molar-refractivity contribution in [2.24, 2.45) is 23.7 Å². The van der Waals surface area contributed by atoms with Crippen LogP contribution in [0.1, 0.15) is 86.7 Å². The second-order valence-electron chi connectivity index (χ2n) is 16.7. The lowest BCUT2D eigenvalue weighted by Crippen LogP contribution is -2.32.